The molecule has 0 saturated heterocycles. The fraction of sp³-hybridized carbons (Fsp3) is 0.286. The highest BCUT2D eigenvalue weighted by atomic mass is 35.5. The van der Waals surface area contributed by atoms with Gasteiger partial charge in [0.15, 0.2) is 5.15 Å². The lowest BCUT2D eigenvalue weighted by Gasteiger charge is -2.22. The summed E-state index contributed by atoms with van der Waals surface area (Å²) in [5, 5.41) is 9.60. The standard InChI is InChI=1S/C14H13ClN2O2/c15-12-11-10(14(18)19)7-4-8-17(11)13(16-12)9-5-2-1-3-6-9/h1-3,5-6,10H,4,7-8H2,(H,18,19). The lowest BCUT2D eigenvalue weighted by Crippen LogP contribution is -2.22. The normalized spacial score (nSPS) is 18.1. The van der Waals surface area contributed by atoms with E-state index in [1.165, 1.54) is 0 Å². The number of benzene rings is 1. The van der Waals surface area contributed by atoms with Crippen LogP contribution in [-0.2, 0) is 11.3 Å². The van der Waals surface area contributed by atoms with E-state index in [2.05, 4.69) is 4.98 Å². The number of imidazole rings is 1. The van der Waals surface area contributed by atoms with Crippen molar-refractivity contribution in [3.05, 3.63) is 41.2 Å². The zero-order valence-corrected chi connectivity index (χ0v) is 11.0. The topological polar surface area (TPSA) is 55.1 Å². The van der Waals surface area contributed by atoms with Gasteiger partial charge in [-0.1, -0.05) is 41.9 Å². The van der Waals surface area contributed by atoms with Gasteiger partial charge in [-0.15, -0.1) is 0 Å². The Morgan fingerprint density at radius 1 is 1.37 bits per heavy atom. The van der Waals surface area contributed by atoms with Crippen molar-refractivity contribution in [1.29, 1.82) is 0 Å². The third kappa shape index (κ3) is 2.02. The second kappa shape index (κ2) is 4.70. The summed E-state index contributed by atoms with van der Waals surface area (Å²) in [6.45, 7) is 0.767. The monoisotopic (exact) mass is 276 g/mol. The van der Waals surface area contributed by atoms with Crippen LogP contribution in [0.1, 0.15) is 24.5 Å². The molecule has 2 aromatic rings. The number of aliphatic carboxylic acids is 1. The fourth-order valence-electron chi connectivity index (χ4n) is 2.63. The highest BCUT2D eigenvalue weighted by molar-refractivity contribution is 6.30. The van der Waals surface area contributed by atoms with Gasteiger partial charge in [0.2, 0.25) is 0 Å². The van der Waals surface area contributed by atoms with Crippen molar-refractivity contribution in [2.45, 2.75) is 25.3 Å². The molecule has 0 radical (unpaired) electrons. The molecule has 0 fully saturated rings. The van der Waals surface area contributed by atoms with E-state index < -0.39 is 11.9 Å². The van der Waals surface area contributed by atoms with Crippen LogP contribution in [0.5, 0.6) is 0 Å². The number of hydrogen-bond acceptors (Lipinski definition) is 2. The summed E-state index contributed by atoms with van der Waals surface area (Å²) >= 11 is 6.16. The highest BCUT2D eigenvalue weighted by Gasteiger charge is 2.32. The van der Waals surface area contributed by atoms with Gasteiger partial charge in [-0.25, -0.2) is 4.98 Å². The van der Waals surface area contributed by atoms with Crippen molar-refractivity contribution < 1.29 is 9.90 Å². The number of nitrogens with zero attached hydrogens (tertiary/aromatic N) is 2. The summed E-state index contributed by atoms with van der Waals surface area (Å²) in [6.07, 6.45) is 1.45. The fourth-order valence-corrected chi connectivity index (χ4v) is 2.95. The van der Waals surface area contributed by atoms with Crippen LogP contribution in [0.15, 0.2) is 30.3 Å². The molecule has 1 N–H and O–H groups in total. The third-order valence-electron chi connectivity index (χ3n) is 3.50. The molecule has 5 heteroatoms. The molecule has 1 aliphatic heterocycles. The first-order valence-corrected chi connectivity index (χ1v) is 6.60. The summed E-state index contributed by atoms with van der Waals surface area (Å²) in [5.74, 6) is -0.625. The van der Waals surface area contributed by atoms with Gasteiger partial charge in [-0.2, -0.15) is 0 Å². The molecule has 1 unspecified atom stereocenters. The Morgan fingerprint density at radius 3 is 2.79 bits per heavy atom. The Labute approximate surface area is 115 Å². The van der Waals surface area contributed by atoms with Crippen LogP contribution in [0, 0.1) is 0 Å². The van der Waals surface area contributed by atoms with Crippen LogP contribution in [-0.4, -0.2) is 20.6 Å². The van der Waals surface area contributed by atoms with Gasteiger partial charge >= 0.3 is 5.97 Å². The van der Waals surface area contributed by atoms with E-state index >= 15 is 0 Å². The summed E-state index contributed by atoms with van der Waals surface area (Å²) in [5.41, 5.74) is 1.60. The second-order valence-corrected chi connectivity index (χ2v) is 5.02. The number of aromatic nitrogens is 2. The average Bonchev–Trinajstić information content (AvgIpc) is 2.77. The molecular weight excluding hydrogens is 264 g/mol. The second-order valence-electron chi connectivity index (χ2n) is 4.66. The predicted octanol–water partition coefficient (Wildman–Crippen LogP) is 3.17. The van der Waals surface area contributed by atoms with E-state index in [0.717, 1.165) is 24.4 Å². The number of fused-ring (bicyclic) bond motifs is 1. The van der Waals surface area contributed by atoms with E-state index in [0.29, 0.717) is 17.3 Å². The van der Waals surface area contributed by atoms with Gasteiger partial charge < -0.3 is 9.67 Å². The van der Waals surface area contributed by atoms with Crippen LogP contribution in [0.2, 0.25) is 5.15 Å². The molecule has 19 heavy (non-hydrogen) atoms. The quantitative estimate of drug-likeness (QED) is 0.917. The molecule has 2 heterocycles. The van der Waals surface area contributed by atoms with E-state index in [1.807, 2.05) is 34.9 Å². The van der Waals surface area contributed by atoms with Crippen molar-refractivity contribution in [2.24, 2.45) is 0 Å². The van der Waals surface area contributed by atoms with Gasteiger partial charge in [0.05, 0.1) is 5.69 Å². The predicted molar refractivity (Wildman–Crippen MR) is 72.3 cm³/mol. The first kappa shape index (κ1) is 12.2. The molecular formula is C14H13ClN2O2. The smallest absolute Gasteiger partial charge is 0.312 e. The SMILES string of the molecule is O=C(O)C1CCCn2c(-c3ccccc3)nc(Cl)c21. The average molecular weight is 277 g/mol. The van der Waals surface area contributed by atoms with E-state index in [9.17, 15) is 9.90 Å². The van der Waals surface area contributed by atoms with Crippen LogP contribution < -0.4 is 0 Å². The molecule has 0 amide bonds. The molecule has 1 atom stereocenters. The third-order valence-corrected chi connectivity index (χ3v) is 3.77. The Bertz CT molecular complexity index is 622. The van der Waals surface area contributed by atoms with Gasteiger partial charge in [-0.05, 0) is 12.8 Å². The maximum absolute atomic E-state index is 11.3. The van der Waals surface area contributed by atoms with E-state index in [1.54, 1.807) is 0 Å². The molecule has 0 saturated carbocycles. The molecule has 0 aliphatic carbocycles. The number of halogens is 1. The molecule has 0 bridgehead atoms. The maximum Gasteiger partial charge on any atom is 0.312 e. The van der Waals surface area contributed by atoms with E-state index in [-0.39, 0.29) is 0 Å². The van der Waals surface area contributed by atoms with Crippen molar-refractivity contribution in [1.82, 2.24) is 9.55 Å². The van der Waals surface area contributed by atoms with Crippen LogP contribution in [0.3, 0.4) is 0 Å². The summed E-state index contributed by atoms with van der Waals surface area (Å²) in [4.78, 5) is 15.7. The first-order valence-electron chi connectivity index (χ1n) is 6.22. The van der Waals surface area contributed by atoms with E-state index in [4.69, 9.17) is 11.6 Å². The molecule has 1 aromatic heterocycles. The Hall–Kier alpha value is -1.81. The van der Waals surface area contributed by atoms with Crippen LogP contribution in [0.4, 0.5) is 0 Å². The zero-order valence-electron chi connectivity index (χ0n) is 10.2. The van der Waals surface area contributed by atoms with Crippen molar-refractivity contribution >= 4 is 17.6 Å². The van der Waals surface area contributed by atoms with Crippen molar-refractivity contribution in [3.8, 4) is 11.4 Å². The minimum atomic E-state index is -0.831. The minimum absolute atomic E-state index is 0.311. The van der Waals surface area contributed by atoms with Gasteiger partial charge in [0.25, 0.3) is 0 Å². The number of hydrogen-bond donors (Lipinski definition) is 1. The largest absolute Gasteiger partial charge is 0.481 e. The Kier molecular flexibility index (Phi) is 3.03. The lowest BCUT2D eigenvalue weighted by atomic mass is 9.96. The zero-order chi connectivity index (χ0) is 13.4. The first-order chi connectivity index (χ1) is 9.18. The van der Waals surface area contributed by atoms with Gasteiger partial charge in [-0.3, -0.25) is 4.79 Å². The number of rotatable bonds is 2. The Balaban J connectivity index is 2.15. The lowest BCUT2D eigenvalue weighted by molar-refractivity contribution is -0.139. The van der Waals surface area contributed by atoms with Gasteiger partial charge in [0, 0.05) is 12.1 Å². The van der Waals surface area contributed by atoms with Gasteiger partial charge in [0.1, 0.15) is 11.7 Å². The molecule has 3 rings (SSSR count). The highest BCUT2D eigenvalue weighted by Crippen LogP contribution is 2.36. The number of carboxylic acids is 1. The van der Waals surface area contributed by atoms with Crippen molar-refractivity contribution in [3.63, 3.8) is 0 Å². The minimum Gasteiger partial charge on any atom is -0.481 e. The number of carbonyl (C=O) groups is 1. The molecule has 1 aromatic carbocycles. The number of carboxylic acid groups (broad SMARTS) is 1. The molecule has 0 spiro atoms. The molecule has 98 valence electrons. The molecule has 1 aliphatic rings. The van der Waals surface area contributed by atoms with Crippen molar-refractivity contribution in [2.75, 3.05) is 0 Å². The summed E-state index contributed by atoms with van der Waals surface area (Å²) < 4.78 is 1.94. The maximum atomic E-state index is 11.3. The summed E-state index contributed by atoms with van der Waals surface area (Å²) in [7, 11) is 0. The van der Waals surface area contributed by atoms with Crippen LogP contribution >= 0.6 is 11.6 Å². The van der Waals surface area contributed by atoms with Crippen LogP contribution in [0.25, 0.3) is 11.4 Å². The summed E-state index contributed by atoms with van der Waals surface area (Å²) in [6, 6.07) is 9.71. The molecule has 4 nitrogen and oxygen atoms in total. The Morgan fingerprint density at radius 2 is 2.11 bits per heavy atom.